The molecule has 23 heavy (non-hydrogen) atoms. The number of hydrogen-bond donors (Lipinski definition) is 4. The van der Waals surface area contributed by atoms with Crippen LogP contribution in [0.5, 0.6) is 0 Å². The second-order valence-electron chi connectivity index (χ2n) is 6.51. The van der Waals surface area contributed by atoms with Gasteiger partial charge in [-0.05, 0) is 18.8 Å². The molecule has 3 rings (SSSR count). The van der Waals surface area contributed by atoms with Gasteiger partial charge < -0.3 is 20.5 Å². The van der Waals surface area contributed by atoms with E-state index in [1.807, 2.05) is 13.8 Å². The third kappa shape index (κ3) is 3.51. The fourth-order valence-electron chi connectivity index (χ4n) is 2.62. The number of H-pyrrole nitrogens is 1. The van der Waals surface area contributed by atoms with E-state index < -0.39 is 6.29 Å². The van der Waals surface area contributed by atoms with E-state index in [2.05, 4.69) is 20.3 Å². The average Bonchev–Trinajstić information content (AvgIpc) is 3.25. The van der Waals surface area contributed by atoms with Gasteiger partial charge in [0, 0.05) is 24.6 Å². The summed E-state index contributed by atoms with van der Waals surface area (Å²) in [6, 6.07) is -0.327. The number of aromatic amines is 1. The van der Waals surface area contributed by atoms with Crippen molar-refractivity contribution >= 4 is 17.1 Å². The van der Waals surface area contributed by atoms with Crippen LogP contribution in [0.3, 0.4) is 0 Å². The van der Waals surface area contributed by atoms with E-state index in [4.69, 9.17) is 10.2 Å². The van der Waals surface area contributed by atoms with Crippen molar-refractivity contribution in [2.24, 2.45) is 5.92 Å². The number of nitrogens with zero attached hydrogens (tertiary/aromatic N) is 2. The predicted molar refractivity (Wildman–Crippen MR) is 84.8 cm³/mol. The number of rotatable bonds is 6. The first-order valence-corrected chi connectivity index (χ1v) is 7.96. The Morgan fingerprint density at radius 3 is 2.78 bits per heavy atom. The number of fused-ring (bicyclic) bond motifs is 1. The van der Waals surface area contributed by atoms with Gasteiger partial charge in [0.15, 0.2) is 11.9 Å². The minimum absolute atomic E-state index is 0.0825. The molecule has 1 unspecified atom stereocenters. The molecule has 1 aliphatic carbocycles. The standard InChI is InChI=1S/C16H22N4O3/c1-8(2)11(5-13(21)22)20-16(23)10-6-17-15-14(10)19-12(7-18-15)9-3-4-9/h6-9,11,13,21-22H,3-5H2,1-2H3,(H,17,18)(H,20,23). The summed E-state index contributed by atoms with van der Waals surface area (Å²) >= 11 is 0. The molecule has 7 heteroatoms. The number of hydrogen-bond acceptors (Lipinski definition) is 5. The van der Waals surface area contributed by atoms with Gasteiger partial charge in [-0.25, -0.2) is 9.97 Å². The molecule has 0 aliphatic heterocycles. The van der Waals surface area contributed by atoms with E-state index in [9.17, 15) is 4.79 Å². The van der Waals surface area contributed by atoms with Crippen LogP contribution in [0.25, 0.3) is 11.2 Å². The number of aliphatic hydroxyl groups is 2. The lowest BCUT2D eigenvalue weighted by atomic mass is 10.0. The van der Waals surface area contributed by atoms with Gasteiger partial charge in [0.1, 0.15) is 5.52 Å². The SMILES string of the molecule is CC(C)C(CC(O)O)NC(=O)c1c[nH]c2ncc(C3CC3)nc12. The molecule has 2 aromatic rings. The van der Waals surface area contributed by atoms with Crippen LogP contribution in [-0.4, -0.2) is 43.4 Å². The van der Waals surface area contributed by atoms with Crippen LogP contribution in [0.4, 0.5) is 0 Å². The molecule has 2 aromatic heterocycles. The lowest BCUT2D eigenvalue weighted by Gasteiger charge is -2.22. The lowest BCUT2D eigenvalue weighted by molar-refractivity contribution is -0.0537. The highest BCUT2D eigenvalue weighted by molar-refractivity contribution is 6.04. The first-order chi connectivity index (χ1) is 11.0. The Morgan fingerprint density at radius 1 is 1.43 bits per heavy atom. The maximum Gasteiger partial charge on any atom is 0.255 e. The molecule has 0 bridgehead atoms. The second-order valence-corrected chi connectivity index (χ2v) is 6.51. The number of carbonyl (C=O) groups is 1. The number of aliphatic hydroxyl groups excluding tert-OH is 1. The van der Waals surface area contributed by atoms with E-state index in [0.29, 0.717) is 22.6 Å². The van der Waals surface area contributed by atoms with E-state index in [1.54, 1.807) is 12.4 Å². The minimum atomic E-state index is -1.45. The maximum absolute atomic E-state index is 12.6. The molecule has 0 radical (unpaired) electrons. The molecular weight excluding hydrogens is 296 g/mol. The van der Waals surface area contributed by atoms with Gasteiger partial charge in [-0.2, -0.15) is 0 Å². The Balaban J connectivity index is 1.83. The molecule has 4 N–H and O–H groups in total. The van der Waals surface area contributed by atoms with E-state index in [-0.39, 0.29) is 24.3 Å². The van der Waals surface area contributed by atoms with Crippen molar-refractivity contribution in [2.45, 2.75) is 51.4 Å². The number of nitrogens with one attached hydrogen (secondary N) is 2. The Bertz CT molecular complexity index is 706. The van der Waals surface area contributed by atoms with Gasteiger partial charge in [-0.15, -0.1) is 0 Å². The highest BCUT2D eigenvalue weighted by Crippen LogP contribution is 2.39. The summed E-state index contributed by atoms with van der Waals surface area (Å²) < 4.78 is 0. The molecule has 0 spiro atoms. The van der Waals surface area contributed by atoms with Gasteiger partial charge in [-0.1, -0.05) is 13.8 Å². The van der Waals surface area contributed by atoms with Gasteiger partial charge in [0.2, 0.25) is 0 Å². The monoisotopic (exact) mass is 318 g/mol. The summed E-state index contributed by atoms with van der Waals surface area (Å²) in [5.41, 5.74) is 2.52. The first kappa shape index (κ1) is 15.9. The van der Waals surface area contributed by atoms with Crippen LogP contribution < -0.4 is 5.32 Å². The van der Waals surface area contributed by atoms with Crippen LogP contribution >= 0.6 is 0 Å². The summed E-state index contributed by atoms with van der Waals surface area (Å²) in [5.74, 6) is 0.266. The van der Waals surface area contributed by atoms with E-state index in [0.717, 1.165) is 18.5 Å². The molecule has 0 aromatic carbocycles. The molecule has 1 amide bonds. The van der Waals surface area contributed by atoms with Crippen LogP contribution in [0, 0.1) is 5.92 Å². The zero-order chi connectivity index (χ0) is 16.6. The fourth-order valence-corrected chi connectivity index (χ4v) is 2.62. The largest absolute Gasteiger partial charge is 0.368 e. The van der Waals surface area contributed by atoms with Crippen LogP contribution in [0.2, 0.25) is 0 Å². The summed E-state index contributed by atoms with van der Waals surface area (Å²) in [4.78, 5) is 24.4. The van der Waals surface area contributed by atoms with Crippen molar-refractivity contribution in [3.8, 4) is 0 Å². The lowest BCUT2D eigenvalue weighted by Crippen LogP contribution is -2.40. The van der Waals surface area contributed by atoms with Crippen molar-refractivity contribution in [1.29, 1.82) is 0 Å². The predicted octanol–water partition coefficient (Wildman–Crippen LogP) is 1.29. The maximum atomic E-state index is 12.6. The number of aromatic nitrogens is 3. The Kier molecular flexibility index (Phi) is 4.32. The van der Waals surface area contributed by atoms with Gasteiger partial charge in [0.05, 0.1) is 17.5 Å². The van der Waals surface area contributed by atoms with Crippen molar-refractivity contribution in [3.05, 3.63) is 23.7 Å². The smallest absolute Gasteiger partial charge is 0.255 e. The molecule has 1 aliphatic rings. The molecule has 1 saturated carbocycles. The molecule has 2 heterocycles. The molecule has 7 nitrogen and oxygen atoms in total. The molecule has 0 saturated heterocycles. The zero-order valence-corrected chi connectivity index (χ0v) is 13.3. The molecular formula is C16H22N4O3. The normalized spacial score (nSPS) is 16.3. The summed E-state index contributed by atoms with van der Waals surface area (Å²) in [6.07, 6.45) is 4.24. The topological polar surface area (TPSA) is 111 Å². The second kappa shape index (κ2) is 6.25. The van der Waals surface area contributed by atoms with E-state index in [1.165, 1.54) is 0 Å². The molecule has 1 atom stereocenters. The van der Waals surface area contributed by atoms with Gasteiger partial charge in [0.25, 0.3) is 5.91 Å². The van der Waals surface area contributed by atoms with Crippen molar-refractivity contribution < 1.29 is 15.0 Å². The number of carbonyl (C=O) groups excluding carboxylic acids is 1. The molecule has 1 fully saturated rings. The van der Waals surface area contributed by atoms with Crippen LogP contribution in [-0.2, 0) is 0 Å². The highest BCUT2D eigenvalue weighted by Gasteiger charge is 2.27. The van der Waals surface area contributed by atoms with Gasteiger partial charge >= 0.3 is 0 Å². The third-order valence-corrected chi connectivity index (χ3v) is 4.23. The van der Waals surface area contributed by atoms with Crippen LogP contribution in [0.1, 0.15) is 55.1 Å². The van der Waals surface area contributed by atoms with Crippen molar-refractivity contribution in [3.63, 3.8) is 0 Å². The Labute approximate surface area is 134 Å². The minimum Gasteiger partial charge on any atom is -0.368 e. The Morgan fingerprint density at radius 2 is 2.17 bits per heavy atom. The Hall–Kier alpha value is -1.99. The van der Waals surface area contributed by atoms with Gasteiger partial charge in [-0.3, -0.25) is 4.79 Å². The van der Waals surface area contributed by atoms with Crippen molar-refractivity contribution in [2.75, 3.05) is 0 Å². The molecule has 124 valence electrons. The average molecular weight is 318 g/mol. The van der Waals surface area contributed by atoms with Crippen LogP contribution in [0.15, 0.2) is 12.4 Å². The quantitative estimate of drug-likeness (QED) is 0.600. The highest BCUT2D eigenvalue weighted by atomic mass is 16.5. The fraction of sp³-hybridized carbons (Fsp3) is 0.562. The summed E-state index contributed by atoms with van der Waals surface area (Å²) in [5, 5.41) is 21.2. The summed E-state index contributed by atoms with van der Waals surface area (Å²) in [6.45, 7) is 3.85. The summed E-state index contributed by atoms with van der Waals surface area (Å²) in [7, 11) is 0. The first-order valence-electron chi connectivity index (χ1n) is 7.96. The van der Waals surface area contributed by atoms with E-state index >= 15 is 0 Å². The number of amides is 1. The van der Waals surface area contributed by atoms with Crippen molar-refractivity contribution in [1.82, 2.24) is 20.3 Å². The third-order valence-electron chi connectivity index (χ3n) is 4.23. The zero-order valence-electron chi connectivity index (χ0n) is 13.3.